The van der Waals surface area contributed by atoms with Crippen LogP contribution in [0.25, 0.3) is 5.69 Å². The van der Waals surface area contributed by atoms with Gasteiger partial charge in [0.25, 0.3) is 5.91 Å². The molecule has 3 aromatic rings. The maximum absolute atomic E-state index is 13.7. The van der Waals surface area contributed by atoms with Crippen LogP contribution < -0.4 is 5.32 Å². The molecule has 0 aliphatic heterocycles. The molecule has 156 valence electrons. The molecule has 0 aliphatic rings. The Balaban J connectivity index is 1.95. The number of anilines is 1. The number of alkyl halides is 3. The summed E-state index contributed by atoms with van der Waals surface area (Å²) in [5.74, 6) is -1.64. The Hall–Kier alpha value is -3.33. The third-order valence-corrected chi connectivity index (χ3v) is 4.20. The van der Waals surface area contributed by atoms with Gasteiger partial charge in [0.15, 0.2) is 5.69 Å². The minimum atomic E-state index is -4.86. The van der Waals surface area contributed by atoms with Crippen LogP contribution in [0.5, 0.6) is 0 Å². The van der Waals surface area contributed by atoms with Crippen LogP contribution in [0, 0.1) is 0 Å². The lowest BCUT2D eigenvalue weighted by Crippen LogP contribution is -2.21. The Labute approximate surface area is 174 Å². The Morgan fingerprint density at radius 2 is 1.90 bits per heavy atom. The van der Waals surface area contributed by atoms with Crippen LogP contribution in [0.4, 0.5) is 18.9 Å². The van der Waals surface area contributed by atoms with E-state index in [1.54, 1.807) is 6.92 Å². The van der Waals surface area contributed by atoms with Crippen LogP contribution in [-0.4, -0.2) is 28.3 Å². The van der Waals surface area contributed by atoms with Gasteiger partial charge in [0, 0.05) is 10.7 Å². The zero-order chi connectivity index (χ0) is 21.9. The summed E-state index contributed by atoms with van der Waals surface area (Å²) in [5.41, 5.74) is -1.58. The van der Waals surface area contributed by atoms with Crippen molar-refractivity contribution >= 4 is 29.2 Å². The van der Waals surface area contributed by atoms with Gasteiger partial charge in [-0.2, -0.15) is 18.3 Å². The minimum absolute atomic E-state index is 0.0539. The summed E-state index contributed by atoms with van der Waals surface area (Å²) in [6, 6.07) is 11.4. The van der Waals surface area contributed by atoms with Gasteiger partial charge < -0.3 is 10.1 Å². The molecular formula is C20H15ClF3N3O3. The number of nitrogens with zero attached hydrogens (tertiary/aromatic N) is 2. The number of nitrogens with one attached hydrogen (secondary N) is 1. The summed E-state index contributed by atoms with van der Waals surface area (Å²) in [5, 5.41) is 6.31. The van der Waals surface area contributed by atoms with Gasteiger partial charge in [-0.25, -0.2) is 9.48 Å². The van der Waals surface area contributed by atoms with Gasteiger partial charge in [-0.1, -0.05) is 23.7 Å². The molecule has 0 atom stereocenters. The van der Waals surface area contributed by atoms with Crippen molar-refractivity contribution < 1.29 is 27.5 Å². The van der Waals surface area contributed by atoms with Gasteiger partial charge in [0.2, 0.25) is 0 Å². The molecule has 1 amide bonds. The summed E-state index contributed by atoms with van der Waals surface area (Å²) in [4.78, 5) is 24.4. The van der Waals surface area contributed by atoms with E-state index in [0.717, 1.165) is 6.20 Å². The molecule has 0 saturated carbocycles. The van der Waals surface area contributed by atoms with Crippen LogP contribution >= 0.6 is 11.6 Å². The molecule has 1 heterocycles. The second-order valence-electron chi connectivity index (χ2n) is 6.05. The molecule has 0 spiro atoms. The molecular weight excluding hydrogens is 423 g/mol. The van der Waals surface area contributed by atoms with E-state index in [-0.39, 0.29) is 28.6 Å². The molecule has 10 heteroatoms. The average Bonchev–Trinajstić information content (AvgIpc) is 3.14. The van der Waals surface area contributed by atoms with E-state index in [0.29, 0.717) is 4.68 Å². The minimum Gasteiger partial charge on any atom is -0.462 e. The third-order valence-electron chi connectivity index (χ3n) is 3.97. The van der Waals surface area contributed by atoms with E-state index in [4.69, 9.17) is 16.3 Å². The molecule has 6 nitrogen and oxygen atoms in total. The quantitative estimate of drug-likeness (QED) is 0.572. The van der Waals surface area contributed by atoms with Crippen molar-refractivity contribution in [1.82, 2.24) is 9.78 Å². The van der Waals surface area contributed by atoms with Crippen LogP contribution in [0.2, 0.25) is 5.02 Å². The number of benzene rings is 2. The first-order chi connectivity index (χ1) is 14.2. The number of hydrogen-bond donors (Lipinski definition) is 1. The predicted octanol–water partition coefficient (Wildman–Crippen LogP) is 4.97. The molecule has 0 bridgehead atoms. The number of carbonyl (C=O) groups excluding carboxylic acids is 2. The van der Waals surface area contributed by atoms with Crippen molar-refractivity contribution in [3.8, 4) is 5.69 Å². The van der Waals surface area contributed by atoms with E-state index in [2.05, 4.69) is 10.4 Å². The maximum atomic E-state index is 13.7. The van der Waals surface area contributed by atoms with Gasteiger partial charge >= 0.3 is 12.1 Å². The van der Waals surface area contributed by atoms with Crippen LogP contribution in [0.1, 0.15) is 33.3 Å². The standard InChI is InChI=1S/C20H15ClF3N3O3/c1-2-30-19(29)12-5-3-7-14(9-12)26-18(28)16-11-25-27(17(16)20(22,23)24)15-8-4-6-13(21)10-15/h3-11H,2H2,1H3,(H,26,28). The third kappa shape index (κ3) is 4.62. The summed E-state index contributed by atoms with van der Waals surface area (Å²) in [7, 11) is 0. The normalized spacial score (nSPS) is 11.2. The molecule has 0 fully saturated rings. The van der Waals surface area contributed by atoms with Gasteiger partial charge in [-0.05, 0) is 43.3 Å². The fraction of sp³-hybridized carbons (Fsp3) is 0.150. The number of rotatable bonds is 5. The number of carbonyl (C=O) groups is 2. The molecule has 0 saturated heterocycles. The second kappa shape index (κ2) is 8.58. The lowest BCUT2D eigenvalue weighted by molar-refractivity contribution is -0.143. The van der Waals surface area contributed by atoms with Crippen molar-refractivity contribution in [3.63, 3.8) is 0 Å². The first kappa shape index (κ1) is 21.4. The largest absolute Gasteiger partial charge is 0.462 e. The van der Waals surface area contributed by atoms with Crippen LogP contribution in [0.15, 0.2) is 54.7 Å². The van der Waals surface area contributed by atoms with Crippen molar-refractivity contribution in [1.29, 1.82) is 0 Å². The smallest absolute Gasteiger partial charge is 0.434 e. The fourth-order valence-corrected chi connectivity index (χ4v) is 2.91. The Morgan fingerprint density at radius 3 is 2.57 bits per heavy atom. The van der Waals surface area contributed by atoms with Crippen molar-refractivity contribution in [2.75, 3.05) is 11.9 Å². The van der Waals surface area contributed by atoms with E-state index < -0.39 is 29.3 Å². The summed E-state index contributed by atoms with van der Waals surface area (Å²) in [6.07, 6.45) is -4.04. The number of halogens is 4. The number of esters is 1. The van der Waals surface area contributed by atoms with E-state index in [9.17, 15) is 22.8 Å². The molecule has 1 aromatic heterocycles. The first-order valence-electron chi connectivity index (χ1n) is 8.70. The van der Waals surface area contributed by atoms with Gasteiger partial charge in [0.05, 0.1) is 29.6 Å². The molecule has 3 rings (SSSR count). The maximum Gasteiger partial charge on any atom is 0.434 e. The predicted molar refractivity (Wildman–Crippen MR) is 104 cm³/mol. The average molecular weight is 438 g/mol. The van der Waals surface area contributed by atoms with Gasteiger partial charge in [0.1, 0.15) is 0 Å². The molecule has 2 aromatic carbocycles. The van der Waals surface area contributed by atoms with E-state index in [1.165, 1.54) is 48.5 Å². The summed E-state index contributed by atoms with van der Waals surface area (Å²) < 4.78 is 46.7. The highest BCUT2D eigenvalue weighted by molar-refractivity contribution is 6.30. The van der Waals surface area contributed by atoms with Crippen molar-refractivity contribution in [2.45, 2.75) is 13.1 Å². The SMILES string of the molecule is CCOC(=O)c1cccc(NC(=O)c2cnn(-c3cccc(Cl)c3)c2C(F)(F)F)c1. The van der Waals surface area contributed by atoms with Crippen molar-refractivity contribution in [3.05, 3.63) is 76.6 Å². The zero-order valence-corrected chi connectivity index (χ0v) is 16.3. The number of ether oxygens (including phenoxy) is 1. The number of hydrogen-bond acceptors (Lipinski definition) is 4. The lowest BCUT2D eigenvalue weighted by Gasteiger charge is -2.13. The molecule has 0 aliphatic carbocycles. The first-order valence-corrected chi connectivity index (χ1v) is 9.08. The summed E-state index contributed by atoms with van der Waals surface area (Å²) >= 11 is 5.86. The Kier molecular flexibility index (Phi) is 6.12. The fourth-order valence-electron chi connectivity index (χ4n) is 2.73. The highest BCUT2D eigenvalue weighted by Gasteiger charge is 2.40. The topological polar surface area (TPSA) is 73.2 Å². The van der Waals surface area contributed by atoms with E-state index in [1.807, 2.05) is 0 Å². The molecule has 1 N–H and O–H groups in total. The number of aromatic nitrogens is 2. The van der Waals surface area contributed by atoms with Gasteiger partial charge in [-0.3, -0.25) is 4.79 Å². The zero-order valence-electron chi connectivity index (χ0n) is 15.5. The molecule has 0 unspecified atom stereocenters. The molecule has 0 radical (unpaired) electrons. The van der Waals surface area contributed by atoms with Gasteiger partial charge in [-0.15, -0.1) is 0 Å². The van der Waals surface area contributed by atoms with E-state index >= 15 is 0 Å². The molecule has 30 heavy (non-hydrogen) atoms. The second-order valence-corrected chi connectivity index (χ2v) is 6.49. The number of amides is 1. The van der Waals surface area contributed by atoms with Crippen molar-refractivity contribution in [2.24, 2.45) is 0 Å². The highest BCUT2D eigenvalue weighted by Crippen LogP contribution is 2.34. The summed E-state index contributed by atoms with van der Waals surface area (Å²) in [6.45, 7) is 1.80. The lowest BCUT2D eigenvalue weighted by atomic mass is 10.1. The Morgan fingerprint density at radius 1 is 1.17 bits per heavy atom. The van der Waals surface area contributed by atoms with Crippen LogP contribution in [-0.2, 0) is 10.9 Å². The van der Waals surface area contributed by atoms with Crippen LogP contribution in [0.3, 0.4) is 0 Å². The monoisotopic (exact) mass is 437 g/mol. The highest BCUT2D eigenvalue weighted by atomic mass is 35.5. The Bertz CT molecular complexity index is 1100.